The van der Waals surface area contributed by atoms with Gasteiger partial charge in [0.15, 0.2) is 0 Å². The molecule has 5 rings (SSSR count). The van der Waals surface area contributed by atoms with Crippen molar-refractivity contribution in [1.29, 1.82) is 0 Å². The van der Waals surface area contributed by atoms with E-state index in [0.29, 0.717) is 13.1 Å². The smallest absolute Gasteiger partial charge is 0.408 e. The normalized spacial score (nSPS) is 27.3. The first-order chi connectivity index (χ1) is 16.8. The molecule has 3 aliphatic rings. The van der Waals surface area contributed by atoms with Crippen molar-refractivity contribution in [2.45, 2.75) is 64.1 Å². The van der Waals surface area contributed by atoms with Crippen LogP contribution in [0.2, 0.25) is 0 Å². The number of piperidine rings is 1. The Labute approximate surface area is 206 Å². The molecule has 2 fully saturated rings. The summed E-state index contributed by atoms with van der Waals surface area (Å²) in [5.74, 6) is 1.26. The van der Waals surface area contributed by atoms with Crippen molar-refractivity contribution < 1.29 is 23.8 Å². The molecule has 1 N–H and O–H groups in total. The number of hydrogen-bond acceptors (Lipinski definition) is 5. The molecule has 0 aromatic heterocycles. The first-order valence-corrected chi connectivity index (χ1v) is 12.5. The second-order valence-electron chi connectivity index (χ2n) is 10.4. The van der Waals surface area contributed by atoms with Gasteiger partial charge in [0, 0.05) is 30.5 Å². The van der Waals surface area contributed by atoms with Gasteiger partial charge in [-0.25, -0.2) is 4.79 Å². The van der Waals surface area contributed by atoms with Crippen LogP contribution in [0.25, 0.3) is 0 Å². The topological polar surface area (TPSA) is 77.1 Å². The molecule has 0 aliphatic carbocycles. The second kappa shape index (κ2) is 9.53. The maximum Gasteiger partial charge on any atom is 0.408 e. The molecule has 3 heterocycles. The van der Waals surface area contributed by atoms with Crippen LogP contribution in [0.1, 0.15) is 50.8 Å². The van der Waals surface area contributed by atoms with Gasteiger partial charge in [0.2, 0.25) is 5.91 Å². The molecule has 5 atom stereocenters. The van der Waals surface area contributed by atoms with E-state index in [4.69, 9.17) is 14.2 Å². The lowest BCUT2D eigenvalue weighted by Crippen LogP contribution is -2.57. The van der Waals surface area contributed by atoms with Crippen LogP contribution in [-0.2, 0) is 20.9 Å². The molecule has 186 valence electrons. The van der Waals surface area contributed by atoms with Crippen LogP contribution in [0.3, 0.4) is 0 Å². The van der Waals surface area contributed by atoms with E-state index in [1.165, 1.54) is 0 Å². The quantitative estimate of drug-likeness (QED) is 0.702. The minimum absolute atomic E-state index is 0.0124. The van der Waals surface area contributed by atoms with E-state index >= 15 is 0 Å². The maximum atomic E-state index is 13.1. The van der Waals surface area contributed by atoms with Gasteiger partial charge in [-0.05, 0) is 45.2 Å². The van der Waals surface area contributed by atoms with E-state index in [1.54, 1.807) is 6.92 Å². The van der Waals surface area contributed by atoms with Gasteiger partial charge in [-0.1, -0.05) is 48.5 Å². The fraction of sp³-hybridized carbons (Fsp3) is 0.500. The molecule has 2 saturated heterocycles. The number of para-hydroxylation sites is 1. The minimum Gasteiger partial charge on any atom is -0.487 e. The van der Waals surface area contributed by atoms with E-state index in [1.807, 2.05) is 53.4 Å². The third-order valence-electron chi connectivity index (χ3n) is 7.63. The molecule has 3 aliphatic heterocycles. The molecule has 0 unspecified atom stereocenters. The van der Waals surface area contributed by atoms with Crippen molar-refractivity contribution in [2.24, 2.45) is 11.8 Å². The van der Waals surface area contributed by atoms with Crippen molar-refractivity contribution in [3.63, 3.8) is 0 Å². The average molecular weight is 479 g/mol. The van der Waals surface area contributed by atoms with Gasteiger partial charge in [-0.15, -0.1) is 0 Å². The molecule has 2 aromatic rings. The molecule has 0 bridgehead atoms. The average Bonchev–Trinajstić information content (AvgIpc) is 2.86. The summed E-state index contributed by atoms with van der Waals surface area (Å²) >= 11 is 0. The summed E-state index contributed by atoms with van der Waals surface area (Å²) in [6, 6.07) is 17.0. The zero-order valence-electron chi connectivity index (χ0n) is 20.6. The largest absolute Gasteiger partial charge is 0.487 e. The summed E-state index contributed by atoms with van der Waals surface area (Å²) in [7, 11) is 0. The second-order valence-corrected chi connectivity index (χ2v) is 10.4. The van der Waals surface area contributed by atoms with Gasteiger partial charge < -0.3 is 24.4 Å². The summed E-state index contributed by atoms with van der Waals surface area (Å²) in [6.07, 6.45) is 1.25. The predicted molar refractivity (Wildman–Crippen MR) is 131 cm³/mol. The number of benzene rings is 2. The van der Waals surface area contributed by atoms with E-state index in [2.05, 4.69) is 25.2 Å². The summed E-state index contributed by atoms with van der Waals surface area (Å²) in [5, 5.41) is 2.68. The number of ether oxygens (including phenoxy) is 3. The number of nitrogens with zero attached hydrogens (tertiary/aromatic N) is 1. The van der Waals surface area contributed by atoms with E-state index in [-0.39, 0.29) is 42.2 Å². The summed E-state index contributed by atoms with van der Waals surface area (Å²) in [4.78, 5) is 27.2. The van der Waals surface area contributed by atoms with Crippen molar-refractivity contribution in [1.82, 2.24) is 10.2 Å². The van der Waals surface area contributed by atoms with Crippen molar-refractivity contribution in [2.75, 3.05) is 13.1 Å². The number of likely N-dealkylation sites (tertiary alicyclic amines) is 1. The Morgan fingerprint density at radius 1 is 1.14 bits per heavy atom. The number of carbonyl (C=O) groups excluding carboxylic acids is 2. The summed E-state index contributed by atoms with van der Waals surface area (Å²) < 4.78 is 18.3. The van der Waals surface area contributed by atoms with Gasteiger partial charge >= 0.3 is 6.09 Å². The number of nitrogens with one attached hydrogen (secondary N) is 1. The number of rotatable bonds is 4. The Balaban J connectivity index is 1.19. The van der Waals surface area contributed by atoms with Crippen molar-refractivity contribution in [3.05, 3.63) is 65.7 Å². The third-order valence-corrected chi connectivity index (χ3v) is 7.63. The van der Waals surface area contributed by atoms with Crippen LogP contribution in [0.4, 0.5) is 4.79 Å². The molecule has 2 aromatic carbocycles. The zero-order chi connectivity index (χ0) is 24.6. The first kappa shape index (κ1) is 23.7. The predicted octanol–water partition coefficient (Wildman–Crippen LogP) is 4.47. The standard InChI is InChI=1S/C28H34N2O5/c1-18(29-27(32)33-17-19-9-5-4-6-10-19)26(31)30-14-13-23-20(16-30)15-22-25(34-23)21-11-7-8-12-24(21)35-28(22,2)3/h4-12,18,20,22-23,25H,13-17H2,1-3H3,(H,29,32)/t18-,20-,22+,23+,25-/m0/s1. The molecule has 0 spiro atoms. The van der Waals surface area contributed by atoms with Crippen LogP contribution in [-0.4, -0.2) is 47.7 Å². The van der Waals surface area contributed by atoms with E-state index in [0.717, 1.165) is 29.7 Å². The Morgan fingerprint density at radius 3 is 2.69 bits per heavy atom. The molecular weight excluding hydrogens is 444 g/mol. The monoisotopic (exact) mass is 478 g/mol. The van der Waals surface area contributed by atoms with Crippen LogP contribution in [0, 0.1) is 11.8 Å². The number of carbonyl (C=O) groups is 2. The van der Waals surface area contributed by atoms with E-state index in [9.17, 15) is 9.59 Å². The summed E-state index contributed by atoms with van der Waals surface area (Å²) in [6.45, 7) is 7.37. The minimum atomic E-state index is -0.659. The van der Waals surface area contributed by atoms with Crippen LogP contribution < -0.4 is 10.1 Å². The number of alkyl carbamates (subject to hydrolysis) is 1. The van der Waals surface area contributed by atoms with Crippen molar-refractivity contribution in [3.8, 4) is 5.75 Å². The highest BCUT2D eigenvalue weighted by Gasteiger charge is 2.51. The fourth-order valence-corrected chi connectivity index (χ4v) is 5.73. The van der Waals surface area contributed by atoms with Crippen LogP contribution >= 0.6 is 0 Å². The SMILES string of the molecule is C[C@H](NC(=O)OCc1ccccc1)C(=O)N1CC[C@H]2O[C@H]3c4ccccc4OC(C)(C)[C@@H]3C[C@H]2C1. The molecule has 35 heavy (non-hydrogen) atoms. The zero-order valence-corrected chi connectivity index (χ0v) is 20.6. The highest BCUT2D eigenvalue weighted by molar-refractivity contribution is 5.85. The van der Waals surface area contributed by atoms with Gasteiger partial charge in [0.1, 0.15) is 24.0 Å². The van der Waals surface area contributed by atoms with Crippen LogP contribution in [0.5, 0.6) is 5.75 Å². The summed E-state index contributed by atoms with van der Waals surface area (Å²) in [5.41, 5.74) is 1.67. The lowest BCUT2D eigenvalue weighted by atomic mass is 9.70. The van der Waals surface area contributed by atoms with Gasteiger partial charge in [-0.3, -0.25) is 4.79 Å². The Kier molecular flexibility index (Phi) is 6.45. The Bertz CT molecular complexity index is 1070. The maximum absolute atomic E-state index is 13.1. The molecule has 2 amide bonds. The molecular formula is C28H34N2O5. The van der Waals surface area contributed by atoms with Gasteiger partial charge in [0.05, 0.1) is 12.2 Å². The number of fused-ring (bicyclic) bond motifs is 4. The van der Waals surface area contributed by atoms with Gasteiger partial charge in [0.25, 0.3) is 0 Å². The van der Waals surface area contributed by atoms with Crippen LogP contribution in [0.15, 0.2) is 54.6 Å². The first-order valence-electron chi connectivity index (χ1n) is 12.5. The van der Waals surface area contributed by atoms with Crippen molar-refractivity contribution >= 4 is 12.0 Å². The fourth-order valence-electron chi connectivity index (χ4n) is 5.73. The molecule has 7 nitrogen and oxygen atoms in total. The highest BCUT2D eigenvalue weighted by Crippen LogP contribution is 2.52. The number of hydrogen-bond donors (Lipinski definition) is 1. The Hall–Kier alpha value is -3.06. The molecule has 0 saturated carbocycles. The highest BCUT2D eigenvalue weighted by atomic mass is 16.5. The van der Waals surface area contributed by atoms with Gasteiger partial charge in [-0.2, -0.15) is 0 Å². The molecule has 0 radical (unpaired) electrons. The van der Waals surface area contributed by atoms with E-state index < -0.39 is 12.1 Å². The molecule has 7 heteroatoms. The number of amides is 2. The Morgan fingerprint density at radius 2 is 1.89 bits per heavy atom. The lowest BCUT2D eigenvalue weighted by molar-refractivity contribution is -0.189. The third kappa shape index (κ3) is 4.87. The lowest BCUT2D eigenvalue weighted by Gasteiger charge is -2.53.